The van der Waals surface area contributed by atoms with Gasteiger partial charge >= 0.3 is 0 Å². The molecule has 4 nitrogen and oxygen atoms in total. The molecule has 0 aliphatic carbocycles. The van der Waals surface area contributed by atoms with Crippen molar-refractivity contribution in [3.63, 3.8) is 0 Å². The highest BCUT2D eigenvalue weighted by Crippen LogP contribution is 2.44. The smallest absolute Gasteiger partial charge is 0.227 e. The van der Waals surface area contributed by atoms with E-state index in [-0.39, 0.29) is 0 Å². The van der Waals surface area contributed by atoms with Crippen LogP contribution in [0, 0.1) is 0 Å². The third-order valence-corrected chi connectivity index (χ3v) is 9.02. The van der Waals surface area contributed by atoms with Crippen molar-refractivity contribution in [2.45, 2.75) is 0 Å². The average Bonchev–Trinajstić information content (AvgIpc) is 3.62. The van der Waals surface area contributed by atoms with Crippen molar-refractivity contribution in [3.8, 4) is 11.5 Å². The van der Waals surface area contributed by atoms with Gasteiger partial charge in [0, 0.05) is 44.8 Å². The lowest BCUT2D eigenvalue weighted by Gasteiger charge is -2.30. The molecule has 0 N–H and O–H groups in total. The zero-order chi connectivity index (χ0) is 32.6. The summed E-state index contributed by atoms with van der Waals surface area (Å²) in [5.74, 6) is 0.625. The predicted octanol–water partition coefficient (Wildman–Crippen LogP) is 12.7. The topological polar surface area (TPSA) is 32.5 Å². The van der Waals surface area contributed by atoms with Gasteiger partial charge in [-0.25, -0.2) is 4.98 Å². The standard InChI is InChI=1S/C45H31N3O/c1-5-15-33(16-6-1)45-46-41-30-28-32-27-29-39-40(43(32)44(41)49-45)25-14-26-42(39)48(36-21-11-4-12-22-36)38-24-13-23-37(31-38)47(34-17-7-2-8-18-34)35-19-9-3-10-20-35/h1-31H. The molecule has 49 heavy (non-hydrogen) atoms. The van der Waals surface area contributed by atoms with Crippen LogP contribution in [0.4, 0.5) is 34.1 Å². The molecule has 0 radical (unpaired) electrons. The molecular weight excluding hydrogens is 599 g/mol. The zero-order valence-electron chi connectivity index (χ0n) is 26.6. The van der Waals surface area contributed by atoms with Gasteiger partial charge in [-0.2, -0.15) is 0 Å². The summed E-state index contributed by atoms with van der Waals surface area (Å²) >= 11 is 0. The van der Waals surface area contributed by atoms with Gasteiger partial charge in [0.1, 0.15) is 5.52 Å². The number of oxazole rings is 1. The minimum absolute atomic E-state index is 0.625. The number of benzene rings is 8. The van der Waals surface area contributed by atoms with Gasteiger partial charge in [0.05, 0.1) is 5.69 Å². The Morgan fingerprint density at radius 3 is 1.59 bits per heavy atom. The maximum absolute atomic E-state index is 6.54. The lowest BCUT2D eigenvalue weighted by molar-refractivity contribution is 0.623. The van der Waals surface area contributed by atoms with Crippen molar-refractivity contribution in [1.82, 2.24) is 4.98 Å². The van der Waals surface area contributed by atoms with E-state index in [9.17, 15) is 0 Å². The van der Waals surface area contributed by atoms with E-state index in [1.807, 2.05) is 30.3 Å². The predicted molar refractivity (Wildman–Crippen MR) is 204 cm³/mol. The fraction of sp³-hybridized carbons (Fsp3) is 0. The first-order valence-corrected chi connectivity index (χ1v) is 16.5. The number of hydrogen-bond donors (Lipinski definition) is 0. The van der Waals surface area contributed by atoms with Crippen LogP contribution in [0.2, 0.25) is 0 Å². The van der Waals surface area contributed by atoms with E-state index in [2.05, 4.69) is 168 Å². The highest BCUT2D eigenvalue weighted by Gasteiger charge is 2.20. The van der Waals surface area contributed by atoms with Crippen LogP contribution >= 0.6 is 0 Å². The van der Waals surface area contributed by atoms with Crippen LogP contribution in [-0.2, 0) is 0 Å². The molecule has 0 saturated heterocycles. The lowest BCUT2D eigenvalue weighted by atomic mass is 9.99. The molecule has 1 aromatic heterocycles. The fourth-order valence-corrected chi connectivity index (χ4v) is 6.82. The van der Waals surface area contributed by atoms with Crippen LogP contribution in [0.25, 0.3) is 44.1 Å². The van der Waals surface area contributed by atoms with Crippen molar-refractivity contribution < 1.29 is 4.42 Å². The Morgan fingerprint density at radius 1 is 0.408 bits per heavy atom. The summed E-state index contributed by atoms with van der Waals surface area (Å²) in [6.07, 6.45) is 0. The van der Waals surface area contributed by atoms with Crippen molar-refractivity contribution in [2.75, 3.05) is 9.80 Å². The second kappa shape index (κ2) is 12.2. The van der Waals surface area contributed by atoms with Gasteiger partial charge in [0.2, 0.25) is 5.89 Å². The van der Waals surface area contributed by atoms with Gasteiger partial charge < -0.3 is 14.2 Å². The number of hydrogen-bond acceptors (Lipinski definition) is 4. The van der Waals surface area contributed by atoms with E-state index in [0.717, 1.165) is 72.3 Å². The summed E-state index contributed by atoms with van der Waals surface area (Å²) in [4.78, 5) is 9.54. The summed E-state index contributed by atoms with van der Waals surface area (Å²) in [7, 11) is 0. The van der Waals surface area contributed by atoms with Gasteiger partial charge in [-0.15, -0.1) is 0 Å². The molecule has 9 rings (SSSR count). The Labute approximate surface area is 284 Å². The summed E-state index contributed by atoms with van der Waals surface area (Å²) in [5, 5.41) is 4.41. The SMILES string of the molecule is c1ccc(-c2nc3ccc4ccc5c(N(c6ccccc6)c6cccc(N(c7ccccc7)c7ccccc7)c6)cccc5c4c3o2)cc1. The summed E-state index contributed by atoms with van der Waals surface area (Å²) in [6.45, 7) is 0. The highest BCUT2D eigenvalue weighted by atomic mass is 16.3. The average molecular weight is 630 g/mol. The number of aromatic nitrogens is 1. The minimum Gasteiger partial charge on any atom is -0.435 e. The Hall–Kier alpha value is -6.65. The molecule has 0 spiro atoms. The summed E-state index contributed by atoms with van der Waals surface area (Å²) in [6, 6.07) is 65.6. The quantitative estimate of drug-likeness (QED) is 0.164. The molecule has 0 aliphatic rings. The lowest BCUT2D eigenvalue weighted by Crippen LogP contribution is -2.13. The first kappa shape index (κ1) is 28.6. The van der Waals surface area contributed by atoms with Gasteiger partial charge in [-0.1, -0.05) is 109 Å². The molecule has 1 heterocycles. The van der Waals surface area contributed by atoms with Crippen molar-refractivity contribution in [2.24, 2.45) is 0 Å². The largest absolute Gasteiger partial charge is 0.435 e. The molecule has 0 amide bonds. The van der Waals surface area contributed by atoms with Crippen LogP contribution in [0.1, 0.15) is 0 Å². The van der Waals surface area contributed by atoms with E-state index in [1.54, 1.807) is 0 Å². The van der Waals surface area contributed by atoms with E-state index < -0.39 is 0 Å². The summed E-state index contributed by atoms with van der Waals surface area (Å²) < 4.78 is 6.54. The number of para-hydroxylation sites is 3. The fourth-order valence-electron chi connectivity index (χ4n) is 6.82. The minimum atomic E-state index is 0.625. The third kappa shape index (κ3) is 5.16. The monoisotopic (exact) mass is 629 g/mol. The maximum atomic E-state index is 6.54. The van der Waals surface area contributed by atoms with E-state index in [1.165, 1.54) is 0 Å². The van der Waals surface area contributed by atoms with Crippen LogP contribution in [0.15, 0.2) is 192 Å². The number of rotatable bonds is 7. The third-order valence-electron chi connectivity index (χ3n) is 9.02. The number of anilines is 6. The Balaban J connectivity index is 1.25. The molecule has 4 heteroatoms. The molecule has 8 aromatic carbocycles. The number of nitrogens with zero attached hydrogens (tertiary/aromatic N) is 3. The molecule has 0 fully saturated rings. The first-order chi connectivity index (χ1) is 24.3. The van der Waals surface area contributed by atoms with Gasteiger partial charge in [0.15, 0.2) is 5.58 Å². The second-order valence-corrected chi connectivity index (χ2v) is 12.0. The van der Waals surface area contributed by atoms with E-state index in [4.69, 9.17) is 9.40 Å². The van der Waals surface area contributed by atoms with Crippen LogP contribution in [-0.4, -0.2) is 4.98 Å². The van der Waals surface area contributed by atoms with Crippen LogP contribution in [0.5, 0.6) is 0 Å². The molecule has 0 bridgehead atoms. The molecule has 0 saturated carbocycles. The molecule has 232 valence electrons. The molecule has 0 unspecified atom stereocenters. The van der Waals surface area contributed by atoms with Gasteiger partial charge in [-0.05, 0) is 89.6 Å². The Kier molecular flexibility index (Phi) is 7.10. The molecule has 9 aromatic rings. The maximum Gasteiger partial charge on any atom is 0.227 e. The van der Waals surface area contributed by atoms with E-state index in [0.29, 0.717) is 5.89 Å². The first-order valence-electron chi connectivity index (χ1n) is 16.5. The van der Waals surface area contributed by atoms with E-state index >= 15 is 0 Å². The molecule has 0 atom stereocenters. The van der Waals surface area contributed by atoms with Crippen molar-refractivity contribution >= 4 is 66.8 Å². The highest BCUT2D eigenvalue weighted by molar-refractivity contribution is 6.20. The van der Waals surface area contributed by atoms with Crippen molar-refractivity contribution in [1.29, 1.82) is 0 Å². The Morgan fingerprint density at radius 2 is 0.939 bits per heavy atom. The number of fused-ring (bicyclic) bond motifs is 5. The second-order valence-electron chi connectivity index (χ2n) is 12.0. The Bertz CT molecular complexity index is 2510. The van der Waals surface area contributed by atoms with Crippen molar-refractivity contribution in [3.05, 3.63) is 188 Å². The van der Waals surface area contributed by atoms with Crippen LogP contribution < -0.4 is 9.80 Å². The zero-order valence-corrected chi connectivity index (χ0v) is 26.6. The van der Waals surface area contributed by atoms with Gasteiger partial charge in [-0.3, -0.25) is 0 Å². The van der Waals surface area contributed by atoms with Crippen LogP contribution in [0.3, 0.4) is 0 Å². The normalized spacial score (nSPS) is 11.3. The summed E-state index contributed by atoms with van der Waals surface area (Å²) in [5.41, 5.74) is 9.07. The molecule has 0 aliphatic heterocycles. The molecular formula is C45H31N3O. The van der Waals surface area contributed by atoms with Gasteiger partial charge in [0.25, 0.3) is 0 Å².